The lowest BCUT2D eigenvalue weighted by molar-refractivity contribution is 0.977. The van der Waals surface area contributed by atoms with E-state index in [1.54, 1.807) is 11.3 Å². The van der Waals surface area contributed by atoms with Crippen molar-refractivity contribution in [2.45, 2.75) is 12.8 Å². The Bertz CT molecular complexity index is 618. The highest BCUT2D eigenvalue weighted by molar-refractivity contribution is 7.10. The molecule has 1 aliphatic carbocycles. The van der Waals surface area contributed by atoms with Crippen molar-refractivity contribution in [1.29, 1.82) is 5.26 Å². The summed E-state index contributed by atoms with van der Waals surface area (Å²) in [5, 5.41) is 8.92. The van der Waals surface area contributed by atoms with Crippen molar-refractivity contribution >= 4 is 16.9 Å². The fourth-order valence-corrected chi connectivity index (χ4v) is 2.87. The van der Waals surface area contributed by atoms with E-state index in [9.17, 15) is 0 Å². The third-order valence-electron chi connectivity index (χ3n) is 2.98. The summed E-state index contributed by atoms with van der Waals surface area (Å²) in [6.45, 7) is 0. The lowest BCUT2D eigenvalue weighted by Crippen LogP contribution is -2.00. The van der Waals surface area contributed by atoms with E-state index < -0.39 is 0 Å². The number of aromatic nitrogens is 1. The van der Waals surface area contributed by atoms with Crippen LogP contribution < -0.4 is 0 Å². The molecule has 0 fully saturated rings. The standard InChI is InChI=1S/C14H10N2S/c15-7-10-4-5-12-11(6-10)2-1-3-13(12)14-8-16-9-17-14/h3-6,8-9H,1-2H2. The zero-order valence-electron chi connectivity index (χ0n) is 9.18. The minimum atomic E-state index is 0.745. The molecule has 82 valence electrons. The van der Waals surface area contributed by atoms with E-state index >= 15 is 0 Å². The van der Waals surface area contributed by atoms with E-state index in [1.165, 1.54) is 21.6 Å². The van der Waals surface area contributed by atoms with Crippen LogP contribution in [0.1, 0.15) is 28.0 Å². The van der Waals surface area contributed by atoms with Crippen LogP contribution in [0.5, 0.6) is 0 Å². The molecule has 0 N–H and O–H groups in total. The minimum Gasteiger partial charge on any atom is -0.252 e. The average Bonchev–Trinajstić information content (AvgIpc) is 2.91. The summed E-state index contributed by atoms with van der Waals surface area (Å²) in [7, 11) is 0. The van der Waals surface area contributed by atoms with Crippen molar-refractivity contribution < 1.29 is 0 Å². The Labute approximate surface area is 104 Å². The topological polar surface area (TPSA) is 36.7 Å². The second-order valence-corrected chi connectivity index (χ2v) is 4.89. The first-order valence-corrected chi connectivity index (χ1v) is 6.39. The monoisotopic (exact) mass is 238 g/mol. The largest absolute Gasteiger partial charge is 0.252 e. The number of benzene rings is 1. The van der Waals surface area contributed by atoms with E-state index in [1.807, 2.05) is 23.8 Å². The van der Waals surface area contributed by atoms with E-state index in [0.717, 1.165) is 18.4 Å². The molecule has 3 rings (SSSR count). The fraction of sp³-hybridized carbons (Fsp3) is 0.143. The number of fused-ring (bicyclic) bond motifs is 1. The van der Waals surface area contributed by atoms with Crippen molar-refractivity contribution in [3.8, 4) is 6.07 Å². The van der Waals surface area contributed by atoms with Crippen molar-refractivity contribution in [2.75, 3.05) is 0 Å². The van der Waals surface area contributed by atoms with E-state index in [0.29, 0.717) is 0 Å². The first-order valence-electron chi connectivity index (χ1n) is 5.51. The van der Waals surface area contributed by atoms with Crippen LogP contribution in [-0.2, 0) is 6.42 Å². The van der Waals surface area contributed by atoms with Crippen molar-refractivity contribution in [2.24, 2.45) is 0 Å². The zero-order chi connectivity index (χ0) is 11.7. The summed E-state index contributed by atoms with van der Waals surface area (Å²) in [4.78, 5) is 5.33. The van der Waals surface area contributed by atoms with Gasteiger partial charge in [-0.2, -0.15) is 5.26 Å². The third kappa shape index (κ3) is 1.77. The molecule has 2 aromatic rings. The first-order chi connectivity index (χ1) is 8.38. The molecular weight excluding hydrogens is 228 g/mol. The Balaban J connectivity index is 2.12. The molecule has 0 unspecified atom stereocenters. The highest BCUT2D eigenvalue weighted by Crippen LogP contribution is 2.33. The predicted octanol–water partition coefficient (Wildman–Crippen LogP) is 3.39. The molecule has 0 spiro atoms. The number of hydrogen-bond donors (Lipinski definition) is 0. The minimum absolute atomic E-state index is 0.745. The summed E-state index contributed by atoms with van der Waals surface area (Å²) in [5.74, 6) is 0. The average molecular weight is 238 g/mol. The van der Waals surface area contributed by atoms with Crippen molar-refractivity contribution in [1.82, 2.24) is 4.98 Å². The van der Waals surface area contributed by atoms with Crippen LogP contribution in [0, 0.1) is 11.3 Å². The SMILES string of the molecule is N#Cc1ccc2c(c1)CCC=C2c1cncs1. The molecule has 2 nitrogen and oxygen atoms in total. The van der Waals surface area contributed by atoms with Gasteiger partial charge in [-0.05, 0) is 41.7 Å². The highest BCUT2D eigenvalue weighted by atomic mass is 32.1. The number of aryl methyl sites for hydroxylation is 1. The quantitative estimate of drug-likeness (QED) is 0.763. The zero-order valence-corrected chi connectivity index (χ0v) is 10.00. The van der Waals surface area contributed by atoms with Crippen LogP contribution in [0.4, 0.5) is 0 Å². The normalized spacial score (nSPS) is 13.7. The first kappa shape index (κ1) is 10.2. The van der Waals surface area contributed by atoms with Gasteiger partial charge in [0.2, 0.25) is 0 Å². The molecule has 1 aromatic carbocycles. The number of allylic oxidation sites excluding steroid dienone is 1. The van der Waals surface area contributed by atoms with Crippen molar-refractivity contribution in [3.05, 3.63) is 57.6 Å². The summed E-state index contributed by atoms with van der Waals surface area (Å²) in [6.07, 6.45) is 6.23. The molecule has 0 bridgehead atoms. The summed E-state index contributed by atoms with van der Waals surface area (Å²) in [6, 6.07) is 8.14. The number of nitrogens with zero attached hydrogens (tertiary/aromatic N) is 2. The molecule has 1 aromatic heterocycles. The Morgan fingerprint density at radius 2 is 2.29 bits per heavy atom. The maximum absolute atomic E-state index is 8.92. The van der Waals surface area contributed by atoms with Gasteiger partial charge in [0, 0.05) is 6.20 Å². The van der Waals surface area contributed by atoms with Gasteiger partial charge in [0.05, 0.1) is 22.0 Å². The summed E-state index contributed by atoms with van der Waals surface area (Å²) in [5.41, 5.74) is 6.38. The molecule has 0 saturated heterocycles. The van der Waals surface area contributed by atoms with Crippen LogP contribution in [0.15, 0.2) is 36.0 Å². The predicted molar refractivity (Wildman–Crippen MR) is 68.7 cm³/mol. The van der Waals surface area contributed by atoms with Gasteiger partial charge in [0.1, 0.15) is 0 Å². The van der Waals surface area contributed by atoms with Crippen LogP contribution in [-0.4, -0.2) is 4.98 Å². The second kappa shape index (κ2) is 4.15. The van der Waals surface area contributed by atoms with Crippen molar-refractivity contribution in [3.63, 3.8) is 0 Å². The van der Waals surface area contributed by atoms with E-state index in [4.69, 9.17) is 5.26 Å². The molecule has 0 amide bonds. The number of rotatable bonds is 1. The van der Waals surface area contributed by atoms with Gasteiger partial charge in [-0.3, -0.25) is 4.98 Å². The second-order valence-electron chi connectivity index (χ2n) is 4.01. The number of nitriles is 1. The molecule has 0 aliphatic heterocycles. The molecule has 1 aliphatic rings. The number of thiazole rings is 1. The van der Waals surface area contributed by atoms with Gasteiger partial charge in [0.15, 0.2) is 0 Å². The molecular formula is C14H10N2S. The molecule has 17 heavy (non-hydrogen) atoms. The van der Waals surface area contributed by atoms with E-state index in [2.05, 4.69) is 23.2 Å². The lowest BCUT2D eigenvalue weighted by atomic mass is 9.89. The maximum Gasteiger partial charge on any atom is 0.0991 e. The fourth-order valence-electron chi connectivity index (χ4n) is 2.20. The van der Waals surface area contributed by atoms with Crippen LogP contribution in [0.3, 0.4) is 0 Å². The molecule has 1 heterocycles. The Kier molecular flexibility index (Phi) is 2.50. The Morgan fingerprint density at radius 1 is 1.35 bits per heavy atom. The maximum atomic E-state index is 8.92. The van der Waals surface area contributed by atoms with Gasteiger partial charge in [-0.1, -0.05) is 12.1 Å². The van der Waals surface area contributed by atoms with Crippen LogP contribution >= 0.6 is 11.3 Å². The molecule has 0 atom stereocenters. The van der Waals surface area contributed by atoms with Crippen LogP contribution in [0.25, 0.3) is 5.57 Å². The van der Waals surface area contributed by atoms with Gasteiger partial charge >= 0.3 is 0 Å². The lowest BCUT2D eigenvalue weighted by Gasteiger charge is -2.16. The Hall–Kier alpha value is -1.92. The highest BCUT2D eigenvalue weighted by Gasteiger charge is 2.15. The van der Waals surface area contributed by atoms with Crippen LogP contribution in [0.2, 0.25) is 0 Å². The smallest absolute Gasteiger partial charge is 0.0991 e. The van der Waals surface area contributed by atoms with Gasteiger partial charge in [-0.15, -0.1) is 11.3 Å². The molecule has 0 saturated carbocycles. The summed E-state index contributed by atoms with van der Waals surface area (Å²) < 4.78 is 0. The van der Waals surface area contributed by atoms with Gasteiger partial charge < -0.3 is 0 Å². The Morgan fingerprint density at radius 3 is 3.06 bits per heavy atom. The summed E-state index contributed by atoms with van der Waals surface area (Å²) >= 11 is 1.66. The van der Waals surface area contributed by atoms with E-state index in [-0.39, 0.29) is 0 Å². The van der Waals surface area contributed by atoms with Gasteiger partial charge in [0.25, 0.3) is 0 Å². The number of hydrogen-bond acceptors (Lipinski definition) is 3. The third-order valence-corrected chi connectivity index (χ3v) is 3.79. The molecule has 3 heteroatoms. The molecule has 0 radical (unpaired) electrons. The van der Waals surface area contributed by atoms with Gasteiger partial charge in [-0.25, -0.2) is 0 Å².